The van der Waals surface area contributed by atoms with Crippen LogP contribution in [0.5, 0.6) is 0 Å². The second kappa shape index (κ2) is 2.86. The Morgan fingerprint density at radius 2 is 2.14 bits per heavy atom. The summed E-state index contributed by atoms with van der Waals surface area (Å²) in [6.45, 7) is 2.19. The average molecular weight is 250 g/mol. The van der Waals surface area contributed by atoms with Crippen molar-refractivity contribution in [2.24, 2.45) is 0 Å². The van der Waals surface area contributed by atoms with Crippen LogP contribution in [0.2, 0.25) is 0 Å². The third-order valence-electron chi connectivity index (χ3n) is 3.04. The van der Waals surface area contributed by atoms with Gasteiger partial charge in [-0.25, -0.2) is 0 Å². The third kappa shape index (κ3) is 1.13. The molecule has 3 rings (SSSR count). The fourth-order valence-electron chi connectivity index (χ4n) is 2.13. The molecule has 0 bridgehead atoms. The predicted molar refractivity (Wildman–Crippen MR) is 62.7 cm³/mol. The summed E-state index contributed by atoms with van der Waals surface area (Å²) in [5, 5.41) is 1.43. The summed E-state index contributed by atoms with van der Waals surface area (Å²) in [5.41, 5.74) is 4.15. The largest absolute Gasteiger partial charge is 0.360 e. The first-order valence-corrected chi connectivity index (χ1v) is 5.83. The van der Waals surface area contributed by atoms with Crippen molar-refractivity contribution in [2.75, 3.05) is 0 Å². The van der Waals surface area contributed by atoms with E-state index in [4.69, 9.17) is 0 Å². The number of aromatic amines is 1. The van der Waals surface area contributed by atoms with Gasteiger partial charge in [0, 0.05) is 16.1 Å². The Balaban J connectivity index is 2.37. The lowest BCUT2D eigenvalue weighted by atomic mass is 10.0. The van der Waals surface area contributed by atoms with Crippen LogP contribution < -0.4 is 0 Å². The minimum atomic E-state index is 0.816. The van der Waals surface area contributed by atoms with E-state index in [0.29, 0.717) is 0 Å². The first-order valence-electron chi connectivity index (χ1n) is 5.03. The number of H-pyrrole nitrogens is 1. The molecule has 0 radical (unpaired) electrons. The van der Waals surface area contributed by atoms with Gasteiger partial charge in [0.15, 0.2) is 0 Å². The molecule has 1 fully saturated rings. The minimum Gasteiger partial charge on any atom is -0.360 e. The fourth-order valence-corrected chi connectivity index (χ4v) is 2.58. The van der Waals surface area contributed by atoms with Gasteiger partial charge in [0.05, 0.1) is 5.52 Å². The maximum Gasteiger partial charge on any atom is 0.0603 e. The minimum absolute atomic E-state index is 0.816. The van der Waals surface area contributed by atoms with Crippen LogP contribution in [0.3, 0.4) is 0 Å². The van der Waals surface area contributed by atoms with Gasteiger partial charge in [0.1, 0.15) is 0 Å². The van der Waals surface area contributed by atoms with Gasteiger partial charge in [-0.3, -0.25) is 0 Å². The number of fused-ring (bicyclic) bond motifs is 1. The summed E-state index contributed by atoms with van der Waals surface area (Å²) in [6, 6.07) is 4.30. The highest BCUT2D eigenvalue weighted by atomic mass is 79.9. The lowest BCUT2D eigenvalue weighted by Crippen LogP contribution is -1.80. The topological polar surface area (TPSA) is 15.8 Å². The molecule has 1 aromatic heterocycles. The van der Waals surface area contributed by atoms with Gasteiger partial charge in [0.25, 0.3) is 0 Å². The Hall–Kier alpha value is -0.760. The highest BCUT2D eigenvalue weighted by Gasteiger charge is 2.26. The lowest BCUT2D eigenvalue weighted by molar-refractivity contribution is 1.14. The van der Waals surface area contributed by atoms with E-state index in [2.05, 4.69) is 46.2 Å². The maximum absolute atomic E-state index is 3.58. The Morgan fingerprint density at radius 1 is 1.36 bits per heavy atom. The number of nitrogens with one attached hydrogen (secondary N) is 1. The van der Waals surface area contributed by atoms with Crippen molar-refractivity contribution in [1.29, 1.82) is 0 Å². The van der Waals surface area contributed by atoms with Crippen LogP contribution in [-0.4, -0.2) is 4.98 Å². The van der Waals surface area contributed by atoms with Crippen LogP contribution in [0.1, 0.15) is 29.9 Å². The first kappa shape index (κ1) is 8.54. The predicted octanol–water partition coefficient (Wildman–Crippen LogP) is 4.12. The van der Waals surface area contributed by atoms with E-state index in [-0.39, 0.29) is 0 Å². The number of aryl methyl sites for hydroxylation is 1. The van der Waals surface area contributed by atoms with Gasteiger partial charge in [-0.05, 0) is 58.8 Å². The smallest absolute Gasteiger partial charge is 0.0603 e. The third-order valence-corrected chi connectivity index (χ3v) is 3.70. The molecule has 1 aromatic carbocycles. The van der Waals surface area contributed by atoms with E-state index in [1.807, 2.05) is 0 Å². The summed E-state index contributed by atoms with van der Waals surface area (Å²) in [6.07, 6.45) is 4.90. The SMILES string of the molecule is Cc1ccc(Br)c2[nH]cc(C3CC3)c12. The summed E-state index contributed by atoms with van der Waals surface area (Å²) in [4.78, 5) is 3.37. The second-order valence-electron chi connectivity index (χ2n) is 4.13. The van der Waals surface area contributed by atoms with Crippen molar-refractivity contribution in [3.05, 3.63) is 33.9 Å². The molecule has 1 aliphatic rings. The Kier molecular flexibility index (Phi) is 1.75. The number of rotatable bonds is 1. The van der Waals surface area contributed by atoms with Gasteiger partial charge >= 0.3 is 0 Å². The van der Waals surface area contributed by atoms with E-state index >= 15 is 0 Å². The zero-order valence-corrected chi connectivity index (χ0v) is 9.69. The molecule has 0 aliphatic heterocycles. The van der Waals surface area contributed by atoms with Crippen LogP contribution in [0.15, 0.2) is 22.8 Å². The van der Waals surface area contributed by atoms with Gasteiger partial charge < -0.3 is 4.98 Å². The van der Waals surface area contributed by atoms with Crippen LogP contribution in [-0.2, 0) is 0 Å². The second-order valence-corrected chi connectivity index (χ2v) is 4.99. The molecule has 1 aliphatic carbocycles. The van der Waals surface area contributed by atoms with E-state index in [9.17, 15) is 0 Å². The van der Waals surface area contributed by atoms with E-state index in [1.165, 1.54) is 39.3 Å². The molecule has 72 valence electrons. The monoisotopic (exact) mass is 249 g/mol. The highest BCUT2D eigenvalue weighted by molar-refractivity contribution is 9.10. The van der Waals surface area contributed by atoms with E-state index in [1.54, 1.807) is 0 Å². The number of hydrogen-bond donors (Lipinski definition) is 1. The normalized spacial score (nSPS) is 16.4. The molecule has 2 heteroatoms. The van der Waals surface area contributed by atoms with Crippen molar-refractivity contribution < 1.29 is 0 Å². The van der Waals surface area contributed by atoms with Crippen LogP contribution in [0.4, 0.5) is 0 Å². The molecular formula is C12H12BrN. The molecule has 1 nitrogen and oxygen atoms in total. The van der Waals surface area contributed by atoms with Gasteiger partial charge in [0.2, 0.25) is 0 Å². The van der Waals surface area contributed by atoms with E-state index in [0.717, 1.165) is 5.92 Å². The van der Waals surface area contributed by atoms with Gasteiger partial charge in [-0.2, -0.15) is 0 Å². The molecule has 0 amide bonds. The summed E-state index contributed by atoms with van der Waals surface area (Å²) < 4.78 is 1.17. The molecule has 0 spiro atoms. The summed E-state index contributed by atoms with van der Waals surface area (Å²) in [5.74, 6) is 0.816. The Labute approximate surface area is 91.6 Å². The lowest BCUT2D eigenvalue weighted by Gasteiger charge is -2.01. The summed E-state index contributed by atoms with van der Waals surface area (Å²) in [7, 11) is 0. The Morgan fingerprint density at radius 3 is 2.86 bits per heavy atom. The average Bonchev–Trinajstić information content (AvgIpc) is 2.91. The van der Waals surface area contributed by atoms with Crippen molar-refractivity contribution in [3.63, 3.8) is 0 Å². The Bertz CT molecular complexity index is 494. The number of halogens is 1. The van der Waals surface area contributed by atoms with Crippen LogP contribution in [0.25, 0.3) is 10.9 Å². The number of aromatic nitrogens is 1. The van der Waals surface area contributed by atoms with Crippen LogP contribution >= 0.6 is 15.9 Å². The molecule has 0 saturated heterocycles. The van der Waals surface area contributed by atoms with Crippen molar-refractivity contribution in [2.45, 2.75) is 25.7 Å². The number of hydrogen-bond acceptors (Lipinski definition) is 0. The standard InChI is InChI=1S/C12H12BrN/c1-7-2-5-10(13)12-11(7)9(6-14-12)8-3-4-8/h2,5-6,8,14H,3-4H2,1H3. The van der Waals surface area contributed by atoms with Gasteiger partial charge in [-0.15, -0.1) is 0 Å². The number of benzene rings is 1. The molecule has 14 heavy (non-hydrogen) atoms. The molecule has 1 saturated carbocycles. The molecule has 1 heterocycles. The maximum atomic E-state index is 3.58. The fraction of sp³-hybridized carbons (Fsp3) is 0.333. The first-order chi connectivity index (χ1) is 6.77. The highest BCUT2D eigenvalue weighted by Crippen LogP contribution is 2.44. The zero-order chi connectivity index (χ0) is 9.71. The van der Waals surface area contributed by atoms with Crippen molar-refractivity contribution >= 4 is 26.8 Å². The molecule has 0 unspecified atom stereocenters. The van der Waals surface area contributed by atoms with Crippen molar-refractivity contribution in [3.8, 4) is 0 Å². The zero-order valence-electron chi connectivity index (χ0n) is 8.10. The van der Waals surface area contributed by atoms with E-state index < -0.39 is 0 Å². The molecule has 2 aromatic rings. The molecule has 0 atom stereocenters. The molecule has 1 N–H and O–H groups in total. The van der Waals surface area contributed by atoms with Crippen molar-refractivity contribution in [1.82, 2.24) is 4.98 Å². The quantitative estimate of drug-likeness (QED) is 0.783. The molecular weight excluding hydrogens is 238 g/mol. The van der Waals surface area contributed by atoms with Crippen LogP contribution in [0, 0.1) is 6.92 Å². The summed E-state index contributed by atoms with van der Waals surface area (Å²) >= 11 is 3.58. The van der Waals surface area contributed by atoms with Gasteiger partial charge in [-0.1, -0.05) is 6.07 Å².